The summed E-state index contributed by atoms with van der Waals surface area (Å²) in [7, 11) is 0. The summed E-state index contributed by atoms with van der Waals surface area (Å²) < 4.78 is 0. The molecule has 110 valence electrons. The van der Waals surface area contributed by atoms with Crippen molar-refractivity contribution >= 4 is 23.4 Å². The van der Waals surface area contributed by atoms with Crippen LogP contribution in [0.2, 0.25) is 5.15 Å². The highest BCUT2D eigenvalue weighted by atomic mass is 35.5. The second kappa shape index (κ2) is 6.80. The largest absolute Gasteiger partial charge is 0.233 e. The van der Waals surface area contributed by atoms with E-state index in [1.165, 1.54) is 24.2 Å². The number of benzene rings is 1. The molecule has 0 atom stereocenters. The van der Waals surface area contributed by atoms with Crippen molar-refractivity contribution in [3.05, 3.63) is 40.7 Å². The topological polar surface area (TPSA) is 25.8 Å². The first-order chi connectivity index (χ1) is 10.3. The summed E-state index contributed by atoms with van der Waals surface area (Å²) in [4.78, 5) is 10.6. The van der Waals surface area contributed by atoms with Crippen LogP contribution in [0.5, 0.6) is 0 Å². The average Bonchev–Trinajstić information content (AvgIpc) is 2.74. The van der Waals surface area contributed by atoms with Crippen LogP contribution >= 0.6 is 23.4 Å². The van der Waals surface area contributed by atoms with Gasteiger partial charge >= 0.3 is 0 Å². The van der Waals surface area contributed by atoms with Crippen molar-refractivity contribution < 1.29 is 0 Å². The number of nitrogens with zero attached hydrogens (tertiary/aromatic N) is 2. The molecule has 0 unspecified atom stereocenters. The summed E-state index contributed by atoms with van der Waals surface area (Å²) in [5, 5.41) is 0.643. The molecule has 0 spiro atoms. The molecule has 0 radical (unpaired) electrons. The number of aromatic nitrogens is 2. The highest BCUT2D eigenvalue weighted by Gasteiger charge is 2.16. The normalized spacial score (nSPS) is 14.6. The molecule has 1 heterocycles. The maximum absolute atomic E-state index is 6.40. The van der Waals surface area contributed by atoms with Crippen molar-refractivity contribution in [2.45, 2.75) is 43.9 Å². The molecule has 2 aromatic rings. The zero-order valence-electron chi connectivity index (χ0n) is 12.2. The van der Waals surface area contributed by atoms with Crippen molar-refractivity contribution in [1.29, 1.82) is 0 Å². The Labute approximate surface area is 135 Å². The number of thioether (sulfide) groups is 1. The first-order valence-electron chi connectivity index (χ1n) is 7.56. The highest BCUT2D eigenvalue weighted by Crippen LogP contribution is 2.28. The molecule has 1 aliphatic carbocycles. The summed E-state index contributed by atoms with van der Waals surface area (Å²) in [5.41, 5.74) is 3.36. The lowest BCUT2D eigenvalue weighted by Crippen LogP contribution is -2.02. The van der Waals surface area contributed by atoms with Gasteiger partial charge in [-0.1, -0.05) is 37.1 Å². The second-order valence-corrected chi connectivity index (χ2v) is 6.98. The summed E-state index contributed by atoms with van der Waals surface area (Å²) in [6.07, 6.45) is 5.68. The van der Waals surface area contributed by atoms with Crippen molar-refractivity contribution in [3.8, 4) is 11.4 Å². The molecule has 0 fully saturated rings. The van der Waals surface area contributed by atoms with E-state index < -0.39 is 0 Å². The standard InChI is InChI=1S/C17H19ClN2S/c1-2-21-13-10-8-12(9-11-13)17-19-15-7-5-3-4-6-14(15)16(18)20-17/h8-11H,2-7H2,1H3. The van der Waals surface area contributed by atoms with E-state index in [4.69, 9.17) is 16.6 Å². The Morgan fingerprint density at radius 3 is 2.57 bits per heavy atom. The third-order valence-corrected chi connectivity index (χ3v) is 5.01. The SMILES string of the molecule is CCSc1ccc(-c2nc(Cl)c3c(n2)CCCCC3)cc1. The Bertz CT molecular complexity index is 625. The Morgan fingerprint density at radius 2 is 1.81 bits per heavy atom. The molecule has 1 aliphatic rings. The van der Waals surface area contributed by atoms with Gasteiger partial charge in [-0.25, -0.2) is 9.97 Å². The van der Waals surface area contributed by atoms with Crippen LogP contribution in [0, 0.1) is 0 Å². The van der Waals surface area contributed by atoms with Crippen LogP contribution in [0.15, 0.2) is 29.2 Å². The monoisotopic (exact) mass is 318 g/mol. The number of rotatable bonds is 3. The number of halogens is 1. The Kier molecular flexibility index (Phi) is 4.81. The lowest BCUT2D eigenvalue weighted by molar-refractivity contribution is 0.709. The number of hydrogen-bond donors (Lipinski definition) is 0. The molecule has 2 nitrogen and oxygen atoms in total. The maximum atomic E-state index is 6.40. The fourth-order valence-corrected chi connectivity index (χ4v) is 3.67. The fraction of sp³-hybridized carbons (Fsp3) is 0.412. The second-order valence-electron chi connectivity index (χ2n) is 5.28. The molecule has 0 saturated heterocycles. The molecule has 4 heteroatoms. The maximum Gasteiger partial charge on any atom is 0.161 e. The van der Waals surface area contributed by atoms with Gasteiger partial charge in [0, 0.05) is 21.7 Å². The van der Waals surface area contributed by atoms with Gasteiger partial charge < -0.3 is 0 Å². The van der Waals surface area contributed by atoms with Gasteiger partial charge in [0.15, 0.2) is 5.82 Å². The van der Waals surface area contributed by atoms with E-state index in [1.54, 1.807) is 0 Å². The zero-order valence-corrected chi connectivity index (χ0v) is 13.8. The third-order valence-electron chi connectivity index (χ3n) is 3.81. The van der Waals surface area contributed by atoms with Crippen LogP contribution in [-0.2, 0) is 12.8 Å². The van der Waals surface area contributed by atoms with Crippen LogP contribution in [0.25, 0.3) is 11.4 Å². The van der Waals surface area contributed by atoms with Gasteiger partial charge in [0.2, 0.25) is 0 Å². The van der Waals surface area contributed by atoms with Crippen molar-refractivity contribution in [3.63, 3.8) is 0 Å². The van der Waals surface area contributed by atoms with Gasteiger partial charge in [-0.3, -0.25) is 0 Å². The molecular weight excluding hydrogens is 300 g/mol. The summed E-state index contributed by atoms with van der Waals surface area (Å²) >= 11 is 8.24. The smallest absolute Gasteiger partial charge is 0.161 e. The fourth-order valence-electron chi connectivity index (χ4n) is 2.72. The molecule has 0 saturated carbocycles. The van der Waals surface area contributed by atoms with Crippen LogP contribution in [-0.4, -0.2) is 15.7 Å². The first kappa shape index (κ1) is 14.9. The predicted octanol–water partition coefficient (Wildman–Crippen LogP) is 5.18. The minimum Gasteiger partial charge on any atom is -0.233 e. The highest BCUT2D eigenvalue weighted by molar-refractivity contribution is 7.99. The van der Waals surface area contributed by atoms with Gasteiger partial charge in [0.05, 0.1) is 0 Å². The summed E-state index contributed by atoms with van der Waals surface area (Å²) in [6.45, 7) is 2.16. The lowest BCUT2D eigenvalue weighted by Gasteiger charge is -2.10. The average molecular weight is 319 g/mol. The molecule has 0 amide bonds. The van der Waals surface area contributed by atoms with Gasteiger partial charge in [0.25, 0.3) is 0 Å². The van der Waals surface area contributed by atoms with E-state index in [0.29, 0.717) is 5.15 Å². The van der Waals surface area contributed by atoms with Gasteiger partial charge in [-0.2, -0.15) is 0 Å². The lowest BCUT2D eigenvalue weighted by atomic mass is 10.1. The first-order valence-corrected chi connectivity index (χ1v) is 8.93. The predicted molar refractivity (Wildman–Crippen MR) is 90.1 cm³/mol. The van der Waals surface area contributed by atoms with Gasteiger partial charge in [0.1, 0.15) is 5.15 Å². The van der Waals surface area contributed by atoms with E-state index in [9.17, 15) is 0 Å². The van der Waals surface area contributed by atoms with E-state index in [1.807, 2.05) is 11.8 Å². The zero-order chi connectivity index (χ0) is 14.7. The van der Waals surface area contributed by atoms with Crippen LogP contribution < -0.4 is 0 Å². The van der Waals surface area contributed by atoms with E-state index in [0.717, 1.165) is 41.2 Å². The quantitative estimate of drug-likeness (QED) is 0.443. The minimum absolute atomic E-state index is 0.643. The minimum atomic E-state index is 0.643. The molecule has 1 aromatic carbocycles. The molecule has 1 aromatic heterocycles. The Hall–Kier alpha value is -1.06. The van der Waals surface area contributed by atoms with Gasteiger partial charge in [-0.15, -0.1) is 11.8 Å². The Balaban J connectivity index is 1.95. The molecule has 0 bridgehead atoms. The number of fused-ring (bicyclic) bond motifs is 1. The van der Waals surface area contributed by atoms with Crippen molar-refractivity contribution in [2.24, 2.45) is 0 Å². The van der Waals surface area contributed by atoms with Gasteiger partial charge in [-0.05, 0) is 43.6 Å². The van der Waals surface area contributed by atoms with E-state index in [2.05, 4.69) is 36.2 Å². The molecular formula is C17H19ClN2S. The van der Waals surface area contributed by atoms with Crippen LogP contribution in [0.3, 0.4) is 0 Å². The van der Waals surface area contributed by atoms with Crippen LogP contribution in [0.4, 0.5) is 0 Å². The Morgan fingerprint density at radius 1 is 1.05 bits per heavy atom. The molecule has 21 heavy (non-hydrogen) atoms. The van der Waals surface area contributed by atoms with Crippen molar-refractivity contribution in [1.82, 2.24) is 9.97 Å². The molecule has 0 N–H and O–H groups in total. The van der Waals surface area contributed by atoms with Crippen LogP contribution in [0.1, 0.15) is 37.4 Å². The number of hydrogen-bond acceptors (Lipinski definition) is 3. The number of aryl methyl sites for hydroxylation is 1. The molecule has 3 rings (SSSR count). The summed E-state index contributed by atoms with van der Waals surface area (Å²) in [6, 6.07) is 8.44. The third kappa shape index (κ3) is 3.41. The van der Waals surface area contributed by atoms with E-state index >= 15 is 0 Å². The van der Waals surface area contributed by atoms with Crippen molar-refractivity contribution in [2.75, 3.05) is 5.75 Å². The molecule has 0 aliphatic heterocycles. The summed E-state index contributed by atoms with van der Waals surface area (Å²) in [5.74, 6) is 1.84. The van der Waals surface area contributed by atoms with E-state index in [-0.39, 0.29) is 0 Å².